The molecule has 2 aliphatic rings. The molecule has 1 amide bonds. The van der Waals surface area contributed by atoms with Gasteiger partial charge in [0.25, 0.3) is 0 Å². The molecule has 98 valence electrons. The van der Waals surface area contributed by atoms with E-state index < -0.39 is 0 Å². The number of carbonyl (C=O) groups excluding carboxylic acids is 1. The summed E-state index contributed by atoms with van der Waals surface area (Å²) >= 11 is 0. The molecule has 0 bridgehead atoms. The highest BCUT2D eigenvalue weighted by molar-refractivity contribution is 5.79. The number of nitrogens with one attached hydrogen (secondary N) is 1. The van der Waals surface area contributed by atoms with Crippen molar-refractivity contribution < 1.29 is 4.79 Å². The molecule has 4 heteroatoms. The van der Waals surface area contributed by atoms with E-state index in [9.17, 15) is 4.79 Å². The van der Waals surface area contributed by atoms with Crippen LogP contribution in [0.4, 0.5) is 0 Å². The summed E-state index contributed by atoms with van der Waals surface area (Å²) in [6.45, 7) is 2.06. The maximum Gasteiger partial charge on any atom is 0.224 e. The van der Waals surface area contributed by atoms with Gasteiger partial charge in [-0.25, -0.2) is 0 Å². The predicted molar refractivity (Wildman–Crippen MR) is 68.6 cm³/mol. The Balaban J connectivity index is 1.85. The minimum Gasteiger partial charge on any atom is -0.352 e. The topological polar surface area (TPSA) is 58.4 Å². The van der Waals surface area contributed by atoms with E-state index in [4.69, 9.17) is 5.73 Å². The lowest BCUT2D eigenvalue weighted by atomic mass is 9.94. The minimum atomic E-state index is 0.0448. The first-order chi connectivity index (χ1) is 8.16. The molecule has 2 rings (SSSR count). The average Bonchev–Trinajstić information content (AvgIpc) is 2.57. The smallest absolute Gasteiger partial charge is 0.224 e. The summed E-state index contributed by atoms with van der Waals surface area (Å²) in [4.78, 5) is 14.5. The first-order valence-corrected chi connectivity index (χ1v) is 6.91. The Morgan fingerprint density at radius 2 is 2.00 bits per heavy atom. The minimum absolute atomic E-state index is 0.0448. The van der Waals surface area contributed by atoms with E-state index in [0.717, 1.165) is 38.8 Å². The van der Waals surface area contributed by atoms with Gasteiger partial charge in [0.05, 0.1) is 5.92 Å². The highest BCUT2D eigenvalue weighted by atomic mass is 16.2. The number of hydrogen-bond donors (Lipinski definition) is 2. The number of carbonyl (C=O) groups is 1. The molecule has 0 aromatic heterocycles. The summed E-state index contributed by atoms with van der Waals surface area (Å²) in [6.07, 6.45) is 6.60. The van der Waals surface area contributed by atoms with Crippen LogP contribution < -0.4 is 11.1 Å². The molecule has 0 spiro atoms. The number of rotatable bonds is 2. The van der Waals surface area contributed by atoms with Crippen molar-refractivity contribution in [1.29, 1.82) is 0 Å². The standard InChI is InChI=1S/C13H25N3O/c1-16-8-7-10(9-16)15-13(17)11-5-3-2-4-6-12(11)14/h10-12H,2-9,14H2,1H3,(H,15,17). The van der Waals surface area contributed by atoms with Gasteiger partial charge in [-0.05, 0) is 32.9 Å². The zero-order chi connectivity index (χ0) is 12.3. The van der Waals surface area contributed by atoms with Crippen molar-refractivity contribution in [3.8, 4) is 0 Å². The van der Waals surface area contributed by atoms with Gasteiger partial charge in [0.15, 0.2) is 0 Å². The Morgan fingerprint density at radius 3 is 2.71 bits per heavy atom. The largest absolute Gasteiger partial charge is 0.352 e. The molecular weight excluding hydrogens is 214 g/mol. The van der Waals surface area contributed by atoms with E-state index in [-0.39, 0.29) is 17.9 Å². The summed E-state index contributed by atoms with van der Waals surface area (Å²) in [5.41, 5.74) is 6.11. The summed E-state index contributed by atoms with van der Waals surface area (Å²) in [5, 5.41) is 3.18. The third-order valence-electron chi connectivity index (χ3n) is 4.14. The first kappa shape index (κ1) is 12.8. The van der Waals surface area contributed by atoms with Crippen molar-refractivity contribution in [3.63, 3.8) is 0 Å². The van der Waals surface area contributed by atoms with Gasteiger partial charge in [-0.1, -0.05) is 19.3 Å². The Bertz CT molecular complexity index is 269. The van der Waals surface area contributed by atoms with Crippen LogP contribution in [0.15, 0.2) is 0 Å². The van der Waals surface area contributed by atoms with Crippen LogP contribution in [0.5, 0.6) is 0 Å². The third-order valence-corrected chi connectivity index (χ3v) is 4.14. The molecule has 0 aromatic rings. The van der Waals surface area contributed by atoms with Crippen molar-refractivity contribution in [3.05, 3.63) is 0 Å². The number of likely N-dealkylation sites (tertiary alicyclic amines) is 1. The molecule has 1 heterocycles. The molecule has 17 heavy (non-hydrogen) atoms. The van der Waals surface area contributed by atoms with E-state index in [1.807, 2.05) is 0 Å². The van der Waals surface area contributed by atoms with E-state index in [1.165, 1.54) is 12.8 Å². The third kappa shape index (κ3) is 3.42. The Labute approximate surface area is 104 Å². The zero-order valence-electron chi connectivity index (χ0n) is 10.8. The van der Waals surface area contributed by atoms with Crippen molar-refractivity contribution in [2.24, 2.45) is 11.7 Å². The van der Waals surface area contributed by atoms with E-state index in [0.29, 0.717) is 6.04 Å². The van der Waals surface area contributed by atoms with Crippen molar-refractivity contribution in [1.82, 2.24) is 10.2 Å². The van der Waals surface area contributed by atoms with Gasteiger partial charge in [0.1, 0.15) is 0 Å². The van der Waals surface area contributed by atoms with Crippen molar-refractivity contribution in [2.45, 2.75) is 50.6 Å². The molecule has 0 radical (unpaired) electrons. The molecule has 2 fully saturated rings. The summed E-state index contributed by atoms with van der Waals surface area (Å²) in [6, 6.07) is 0.402. The quantitative estimate of drug-likeness (QED) is 0.698. The van der Waals surface area contributed by atoms with Crippen molar-refractivity contribution in [2.75, 3.05) is 20.1 Å². The van der Waals surface area contributed by atoms with Crippen LogP contribution in [0, 0.1) is 5.92 Å². The molecule has 0 aromatic carbocycles. The second-order valence-electron chi connectivity index (χ2n) is 5.66. The fourth-order valence-electron chi connectivity index (χ4n) is 3.02. The van der Waals surface area contributed by atoms with Crippen LogP contribution in [0.2, 0.25) is 0 Å². The van der Waals surface area contributed by atoms with Gasteiger partial charge in [-0.15, -0.1) is 0 Å². The second kappa shape index (κ2) is 5.83. The molecule has 1 saturated carbocycles. The molecule has 1 aliphatic heterocycles. The lowest BCUT2D eigenvalue weighted by Crippen LogP contribution is -2.45. The Kier molecular flexibility index (Phi) is 4.40. The fourth-order valence-corrected chi connectivity index (χ4v) is 3.02. The van der Waals surface area contributed by atoms with Crippen LogP contribution in [0.3, 0.4) is 0 Å². The van der Waals surface area contributed by atoms with Gasteiger partial charge in [-0.3, -0.25) is 4.79 Å². The summed E-state index contributed by atoms with van der Waals surface area (Å²) in [7, 11) is 2.10. The lowest BCUT2D eigenvalue weighted by molar-refractivity contribution is -0.126. The number of nitrogens with zero attached hydrogens (tertiary/aromatic N) is 1. The number of likely N-dealkylation sites (N-methyl/N-ethyl adjacent to an activating group) is 1. The van der Waals surface area contributed by atoms with Crippen LogP contribution >= 0.6 is 0 Å². The first-order valence-electron chi connectivity index (χ1n) is 6.91. The molecule has 1 aliphatic carbocycles. The van der Waals surface area contributed by atoms with Gasteiger partial charge in [0.2, 0.25) is 5.91 Å². The highest BCUT2D eigenvalue weighted by Gasteiger charge is 2.29. The maximum absolute atomic E-state index is 12.2. The second-order valence-corrected chi connectivity index (χ2v) is 5.66. The van der Waals surface area contributed by atoms with Gasteiger partial charge in [-0.2, -0.15) is 0 Å². The molecule has 3 unspecified atom stereocenters. The van der Waals surface area contributed by atoms with Crippen LogP contribution in [0.25, 0.3) is 0 Å². The van der Waals surface area contributed by atoms with Gasteiger partial charge >= 0.3 is 0 Å². The van der Waals surface area contributed by atoms with Crippen LogP contribution in [-0.4, -0.2) is 43.0 Å². The van der Waals surface area contributed by atoms with Crippen molar-refractivity contribution >= 4 is 5.91 Å². The van der Waals surface area contributed by atoms with E-state index in [2.05, 4.69) is 17.3 Å². The normalized spacial score (nSPS) is 35.5. The Morgan fingerprint density at radius 1 is 1.24 bits per heavy atom. The number of amides is 1. The fraction of sp³-hybridized carbons (Fsp3) is 0.923. The number of nitrogens with two attached hydrogens (primary N) is 1. The lowest BCUT2D eigenvalue weighted by Gasteiger charge is -2.23. The highest BCUT2D eigenvalue weighted by Crippen LogP contribution is 2.22. The SMILES string of the molecule is CN1CCC(NC(=O)C2CCCCCC2N)C1. The molecule has 1 saturated heterocycles. The monoisotopic (exact) mass is 239 g/mol. The maximum atomic E-state index is 12.2. The number of hydrogen-bond acceptors (Lipinski definition) is 3. The van der Waals surface area contributed by atoms with E-state index in [1.54, 1.807) is 0 Å². The Hall–Kier alpha value is -0.610. The molecule has 4 nitrogen and oxygen atoms in total. The molecule has 3 N–H and O–H groups in total. The van der Waals surface area contributed by atoms with Crippen LogP contribution in [-0.2, 0) is 4.79 Å². The summed E-state index contributed by atoms with van der Waals surface area (Å²) < 4.78 is 0. The van der Waals surface area contributed by atoms with Crippen LogP contribution in [0.1, 0.15) is 38.5 Å². The molecular formula is C13H25N3O. The predicted octanol–water partition coefficient (Wildman–Crippen LogP) is 0.714. The van der Waals surface area contributed by atoms with Gasteiger partial charge < -0.3 is 16.0 Å². The van der Waals surface area contributed by atoms with Gasteiger partial charge in [0, 0.05) is 18.6 Å². The zero-order valence-corrected chi connectivity index (χ0v) is 10.8. The average molecular weight is 239 g/mol. The van der Waals surface area contributed by atoms with E-state index >= 15 is 0 Å². The molecule has 3 atom stereocenters. The summed E-state index contributed by atoms with van der Waals surface area (Å²) in [5.74, 6) is 0.239.